The summed E-state index contributed by atoms with van der Waals surface area (Å²) >= 11 is 0. The summed E-state index contributed by atoms with van der Waals surface area (Å²) in [5.41, 5.74) is 2.04. The fourth-order valence-corrected chi connectivity index (χ4v) is 5.48. The van der Waals surface area contributed by atoms with Gasteiger partial charge in [0, 0.05) is 36.0 Å². The molecule has 1 aromatic carbocycles. The maximum Gasteiger partial charge on any atom is 0.253 e. The molecule has 3 rings (SSSR count). The Morgan fingerprint density at radius 1 is 1.24 bits per heavy atom. The quantitative estimate of drug-likeness (QED) is 0.781. The van der Waals surface area contributed by atoms with Crippen molar-refractivity contribution in [3.05, 3.63) is 63.1 Å². The van der Waals surface area contributed by atoms with Gasteiger partial charge >= 0.3 is 0 Å². The lowest BCUT2D eigenvalue weighted by atomic mass is 10.1. The summed E-state index contributed by atoms with van der Waals surface area (Å²) in [5, 5.41) is 2.72. The van der Waals surface area contributed by atoms with Gasteiger partial charge < -0.3 is 10.3 Å². The zero-order chi connectivity index (χ0) is 21.2. The van der Waals surface area contributed by atoms with Crippen molar-refractivity contribution < 1.29 is 13.2 Å². The van der Waals surface area contributed by atoms with Gasteiger partial charge in [-0.15, -0.1) is 0 Å². The summed E-state index contributed by atoms with van der Waals surface area (Å²) in [6.45, 7) is 6.09. The highest BCUT2D eigenvalue weighted by atomic mass is 32.2. The molecule has 1 saturated heterocycles. The van der Waals surface area contributed by atoms with E-state index in [9.17, 15) is 18.0 Å². The van der Waals surface area contributed by atoms with Gasteiger partial charge in [-0.05, 0) is 63.4 Å². The van der Waals surface area contributed by atoms with E-state index in [1.165, 1.54) is 16.4 Å². The molecule has 1 aromatic heterocycles. The van der Waals surface area contributed by atoms with Crippen molar-refractivity contribution in [2.75, 3.05) is 6.54 Å². The number of benzene rings is 1. The Bertz CT molecular complexity index is 1080. The lowest BCUT2D eigenvalue weighted by molar-refractivity contribution is 0.0950. The molecule has 29 heavy (non-hydrogen) atoms. The Hall–Kier alpha value is -2.45. The van der Waals surface area contributed by atoms with Crippen LogP contribution in [-0.2, 0) is 16.6 Å². The number of hydrogen-bond acceptors (Lipinski definition) is 4. The molecule has 1 amide bonds. The van der Waals surface area contributed by atoms with Crippen LogP contribution in [0.2, 0.25) is 0 Å². The number of aromatic amines is 1. The van der Waals surface area contributed by atoms with Crippen molar-refractivity contribution in [1.82, 2.24) is 14.6 Å². The standard InChI is InChI=1S/C21H27N3O4S/c1-14-11-15(2)23-21(26)19(14)13-22-20(25)17-8-6-9-18(12-17)29(27,28)24-10-5-4-7-16(24)3/h6,8-9,11-12,16H,4-5,7,10,13H2,1-3H3,(H,22,25)(H,23,26)/t16-/m0/s1. The minimum atomic E-state index is -3.65. The second-order valence-corrected chi connectivity index (χ2v) is 9.50. The molecule has 0 bridgehead atoms. The number of rotatable bonds is 5. The molecule has 0 unspecified atom stereocenters. The van der Waals surface area contributed by atoms with Gasteiger partial charge in [0.15, 0.2) is 0 Å². The van der Waals surface area contributed by atoms with Crippen LogP contribution in [0.5, 0.6) is 0 Å². The second-order valence-electron chi connectivity index (χ2n) is 7.61. The molecule has 8 heteroatoms. The number of amides is 1. The van der Waals surface area contributed by atoms with Crippen molar-refractivity contribution in [2.24, 2.45) is 0 Å². The smallest absolute Gasteiger partial charge is 0.253 e. The fourth-order valence-electron chi connectivity index (χ4n) is 3.73. The maximum absolute atomic E-state index is 13.0. The summed E-state index contributed by atoms with van der Waals surface area (Å²) in [5.74, 6) is -0.423. The molecular formula is C21H27N3O4S. The van der Waals surface area contributed by atoms with E-state index in [0.29, 0.717) is 12.1 Å². The number of carbonyl (C=O) groups excluding carboxylic acids is 1. The maximum atomic E-state index is 13.0. The van der Waals surface area contributed by atoms with Gasteiger partial charge in [0.1, 0.15) is 0 Å². The molecule has 156 valence electrons. The van der Waals surface area contributed by atoms with Gasteiger partial charge in [0.05, 0.1) is 4.90 Å². The van der Waals surface area contributed by atoms with E-state index in [4.69, 9.17) is 0 Å². The molecule has 1 atom stereocenters. The van der Waals surface area contributed by atoms with Gasteiger partial charge in [-0.2, -0.15) is 4.31 Å². The molecule has 1 aliphatic heterocycles. The first kappa shape index (κ1) is 21.3. The average molecular weight is 418 g/mol. The largest absolute Gasteiger partial charge is 0.348 e. The highest BCUT2D eigenvalue weighted by Crippen LogP contribution is 2.25. The van der Waals surface area contributed by atoms with E-state index >= 15 is 0 Å². The number of aromatic nitrogens is 1. The second kappa shape index (κ2) is 8.51. The average Bonchev–Trinajstić information content (AvgIpc) is 2.67. The third-order valence-electron chi connectivity index (χ3n) is 5.36. The molecule has 0 spiro atoms. The monoisotopic (exact) mass is 417 g/mol. The van der Waals surface area contributed by atoms with Crippen LogP contribution in [0, 0.1) is 13.8 Å². The molecule has 0 saturated carbocycles. The number of nitrogens with one attached hydrogen (secondary N) is 2. The van der Waals surface area contributed by atoms with Crippen molar-refractivity contribution in [1.29, 1.82) is 0 Å². The van der Waals surface area contributed by atoms with Crippen LogP contribution in [0.25, 0.3) is 0 Å². The zero-order valence-electron chi connectivity index (χ0n) is 17.0. The number of nitrogens with zero attached hydrogens (tertiary/aromatic N) is 1. The van der Waals surface area contributed by atoms with Gasteiger partial charge in [-0.25, -0.2) is 8.42 Å². The van der Waals surface area contributed by atoms with Gasteiger partial charge in [0.2, 0.25) is 10.0 Å². The highest BCUT2D eigenvalue weighted by molar-refractivity contribution is 7.89. The predicted octanol–water partition coefficient (Wildman–Crippen LogP) is 2.48. The number of pyridine rings is 1. The van der Waals surface area contributed by atoms with Gasteiger partial charge in [0.25, 0.3) is 11.5 Å². The fraction of sp³-hybridized carbons (Fsp3) is 0.429. The summed E-state index contributed by atoms with van der Waals surface area (Å²) in [4.78, 5) is 27.5. The highest BCUT2D eigenvalue weighted by Gasteiger charge is 2.31. The lowest BCUT2D eigenvalue weighted by Gasteiger charge is -2.32. The summed E-state index contributed by atoms with van der Waals surface area (Å²) in [6, 6.07) is 7.85. The number of aryl methyl sites for hydroxylation is 2. The summed E-state index contributed by atoms with van der Waals surface area (Å²) in [6.07, 6.45) is 2.70. The number of hydrogen-bond donors (Lipinski definition) is 2. The number of H-pyrrole nitrogens is 1. The van der Waals surface area contributed by atoms with Crippen LogP contribution in [0.4, 0.5) is 0 Å². The zero-order valence-corrected chi connectivity index (χ0v) is 17.8. The van der Waals surface area contributed by atoms with Gasteiger partial charge in [-0.1, -0.05) is 12.5 Å². The minimum Gasteiger partial charge on any atom is -0.348 e. The molecule has 1 fully saturated rings. The number of piperidine rings is 1. The molecule has 2 aromatic rings. The third kappa shape index (κ3) is 4.59. The molecule has 0 radical (unpaired) electrons. The van der Waals surface area contributed by atoms with E-state index < -0.39 is 15.9 Å². The number of sulfonamides is 1. The van der Waals surface area contributed by atoms with E-state index in [0.717, 1.165) is 30.5 Å². The van der Waals surface area contributed by atoms with E-state index in [2.05, 4.69) is 10.3 Å². The van der Waals surface area contributed by atoms with E-state index in [1.807, 2.05) is 19.9 Å². The molecule has 2 heterocycles. The molecule has 2 N–H and O–H groups in total. The summed E-state index contributed by atoms with van der Waals surface area (Å²) < 4.78 is 27.6. The summed E-state index contributed by atoms with van der Waals surface area (Å²) in [7, 11) is -3.65. The Morgan fingerprint density at radius 3 is 2.69 bits per heavy atom. The first-order valence-electron chi connectivity index (χ1n) is 9.79. The van der Waals surface area contributed by atoms with E-state index in [1.54, 1.807) is 19.1 Å². The number of carbonyl (C=O) groups is 1. The Kier molecular flexibility index (Phi) is 6.24. The first-order valence-corrected chi connectivity index (χ1v) is 11.2. The van der Waals surface area contributed by atoms with E-state index in [-0.39, 0.29) is 28.6 Å². The first-order chi connectivity index (χ1) is 13.7. The predicted molar refractivity (Wildman–Crippen MR) is 111 cm³/mol. The van der Waals surface area contributed by atoms with Crippen LogP contribution >= 0.6 is 0 Å². The normalized spacial score (nSPS) is 17.8. The van der Waals surface area contributed by atoms with Crippen molar-refractivity contribution in [3.63, 3.8) is 0 Å². The molecular weight excluding hydrogens is 390 g/mol. The Morgan fingerprint density at radius 2 is 2.00 bits per heavy atom. The van der Waals surface area contributed by atoms with Gasteiger partial charge in [-0.3, -0.25) is 9.59 Å². The van der Waals surface area contributed by atoms with Crippen LogP contribution in [-0.4, -0.2) is 36.2 Å². The molecule has 7 nitrogen and oxygen atoms in total. The SMILES string of the molecule is Cc1cc(C)c(CNC(=O)c2cccc(S(=O)(=O)N3CCCC[C@@H]3C)c2)c(=O)[nH]1. The minimum absolute atomic E-state index is 0.0533. The lowest BCUT2D eigenvalue weighted by Crippen LogP contribution is -2.42. The Balaban J connectivity index is 1.79. The Labute approximate surface area is 171 Å². The topological polar surface area (TPSA) is 99.3 Å². The van der Waals surface area contributed by atoms with Crippen LogP contribution in [0.3, 0.4) is 0 Å². The molecule has 1 aliphatic rings. The van der Waals surface area contributed by atoms with Crippen LogP contribution < -0.4 is 10.9 Å². The van der Waals surface area contributed by atoms with Crippen molar-refractivity contribution >= 4 is 15.9 Å². The molecule has 0 aliphatic carbocycles. The van der Waals surface area contributed by atoms with Crippen molar-refractivity contribution in [3.8, 4) is 0 Å². The van der Waals surface area contributed by atoms with Crippen LogP contribution in [0.15, 0.2) is 40.0 Å². The third-order valence-corrected chi connectivity index (χ3v) is 7.37. The van der Waals surface area contributed by atoms with Crippen LogP contribution in [0.1, 0.15) is 53.4 Å². The van der Waals surface area contributed by atoms with Crippen molar-refractivity contribution in [2.45, 2.75) is 57.5 Å².